The molecule has 0 bridgehead atoms. The van der Waals surface area contributed by atoms with Crippen LogP contribution in [0.5, 0.6) is 11.5 Å². The highest BCUT2D eigenvalue weighted by Gasteiger charge is 2.31. The van der Waals surface area contributed by atoms with Gasteiger partial charge >= 0.3 is 0 Å². The van der Waals surface area contributed by atoms with Gasteiger partial charge in [-0.1, -0.05) is 49.4 Å². The minimum absolute atomic E-state index is 0.560. The first-order valence-electron chi connectivity index (χ1n) is 6.82. The van der Waals surface area contributed by atoms with Crippen LogP contribution >= 0.6 is 0 Å². The Morgan fingerprint density at radius 2 is 1.55 bits per heavy atom. The Labute approximate surface area is 120 Å². The molecule has 0 saturated carbocycles. The Balaban J connectivity index is 2.39. The fraction of sp³-hybridized carbons (Fsp3) is 0.294. The SMILES string of the molecule is CCC(NC)(Oc1ccccc1OC)c1ccccc1. The van der Waals surface area contributed by atoms with Gasteiger partial charge < -0.3 is 9.47 Å². The molecular formula is C17H21NO2. The van der Waals surface area contributed by atoms with E-state index in [1.807, 2.05) is 49.5 Å². The lowest BCUT2D eigenvalue weighted by molar-refractivity contribution is 0.0300. The molecule has 0 aliphatic carbocycles. The van der Waals surface area contributed by atoms with Gasteiger partial charge in [-0.05, 0) is 19.2 Å². The molecule has 0 fully saturated rings. The Bertz CT molecular complexity index is 536. The average Bonchev–Trinajstić information content (AvgIpc) is 2.54. The first-order chi connectivity index (χ1) is 9.75. The average molecular weight is 271 g/mol. The maximum absolute atomic E-state index is 6.27. The number of benzene rings is 2. The van der Waals surface area contributed by atoms with Crippen molar-refractivity contribution in [3.05, 3.63) is 60.2 Å². The molecule has 0 saturated heterocycles. The predicted octanol–water partition coefficient (Wildman–Crippen LogP) is 3.56. The van der Waals surface area contributed by atoms with Gasteiger partial charge in [-0.15, -0.1) is 0 Å². The Morgan fingerprint density at radius 3 is 2.10 bits per heavy atom. The van der Waals surface area contributed by atoms with Crippen LogP contribution in [0.3, 0.4) is 0 Å². The maximum Gasteiger partial charge on any atom is 0.186 e. The Kier molecular flexibility index (Phi) is 4.64. The van der Waals surface area contributed by atoms with E-state index in [4.69, 9.17) is 9.47 Å². The van der Waals surface area contributed by atoms with Gasteiger partial charge in [0.2, 0.25) is 0 Å². The third-order valence-corrected chi connectivity index (χ3v) is 3.50. The van der Waals surface area contributed by atoms with E-state index >= 15 is 0 Å². The van der Waals surface area contributed by atoms with E-state index in [2.05, 4.69) is 24.4 Å². The molecule has 0 spiro atoms. The number of hydrogen-bond acceptors (Lipinski definition) is 3. The molecule has 1 atom stereocenters. The van der Waals surface area contributed by atoms with E-state index < -0.39 is 5.72 Å². The van der Waals surface area contributed by atoms with Crippen molar-refractivity contribution in [1.29, 1.82) is 0 Å². The maximum atomic E-state index is 6.27. The molecule has 106 valence electrons. The van der Waals surface area contributed by atoms with E-state index in [-0.39, 0.29) is 0 Å². The van der Waals surface area contributed by atoms with E-state index in [0.29, 0.717) is 0 Å². The number of methoxy groups -OCH3 is 1. The third kappa shape index (κ3) is 2.78. The molecular weight excluding hydrogens is 250 g/mol. The van der Waals surface area contributed by atoms with Gasteiger partial charge in [0.15, 0.2) is 17.2 Å². The zero-order valence-electron chi connectivity index (χ0n) is 12.2. The van der Waals surface area contributed by atoms with Gasteiger partial charge in [0.25, 0.3) is 0 Å². The standard InChI is InChI=1S/C17H21NO2/c1-4-17(18-2,14-10-6-5-7-11-14)20-16-13-9-8-12-15(16)19-3/h5-13,18H,4H2,1-3H3. The van der Waals surface area contributed by atoms with Crippen LogP contribution in [-0.4, -0.2) is 14.2 Å². The summed E-state index contributed by atoms with van der Waals surface area (Å²) in [5.41, 5.74) is 0.534. The molecule has 0 radical (unpaired) electrons. The van der Waals surface area contributed by atoms with Crippen molar-refractivity contribution in [2.45, 2.75) is 19.1 Å². The minimum atomic E-state index is -0.560. The lowest BCUT2D eigenvalue weighted by Gasteiger charge is -2.34. The summed E-state index contributed by atoms with van der Waals surface area (Å²) in [5.74, 6) is 1.46. The molecule has 3 heteroatoms. The van der Waals surface area contributed by atoms with Crippen molar-refractivity contribution >= 4 is 0 Å². The van der Waals surface area contributed by atoms with Gasteiger partial charge in [-0.25, -0.2) is 0 Å². The molecule has 2 aromatic rings. The predicted molar refractivity (Wildman–Crippen MR) is 81.1 cm³/mol. The quantitative estimate of drug-likeness (QED) is 0.815. The fourth-order valence-electron chi connectivity index (χ4n) is 2.31. The highest BCUT2D eigenvalue weighted by Crippen LogP contribution is 2.34. The number of para-hydroxylation sites is 2. The van der Waals surface area contributed by atoms with Crippen LogP contribution in [0.2, 0.25) is 0 Å². The lowest BCUT2D eigenvalue weighted by atomic mass is 10.00. The van der Waals surface area contributed by atoms with Gasteiger partial charge in [-0.3, -0.25) is 5.32 Å². The third-order valence-electron chi connectivity index (χ3n) is 3.50. The minimum Gasteiger partial charge on any atom is -0.493 e. The molecule has 0 aliphatic rings. The summed E-state index contributed by atoms with van der Waals surface area (Å²) in [6.07, 6.45) is 0.797. The number of rotatable bonds is 6. The van der Waals surface area contributed by atoms with Crippen molar-refractivity contribution < 1.29 is 9.47 Å². The summed E-state index contributed by atoms with van der Waals surface area (Å²) in [6.45, 7) is 2.10. The second kappa shape index (κ2) is 6.44. The van der Waals surface area contributed by atoms with Crippen molar-refractivity contribution in [2.75, 3.05) is 14.2 Å². The normalized spacial score (nSPS) is 13.6. The van der Waals surface area contributed by atoms with Gasteiger partial charge in [0.1, 0.15) is 0 Å². The van der Waals surface area contributed by atoms with Crippen molar-refractivity contribution in [2.24, 2.45) is 0 Å². The molecule has 3 nitrogen and oxygen atoms in total. The topological polar surface area (TPSA) is 30.5 Å². The summed E-state index contributed by atoms with van der Waals surface area (Å²) in [4.78, 5) is 0. The van der Waals surface area contributed by atoms with E-state index in [1.165, 1.54) is 0 Å². The summed E-state index contributed by atoms with van der Waals surface area (Å²) in [7, 11) is 3.56. The van der Waals surface area contributed by atoms with Crippen molar-refractivity contribution in [1.82, 2.24) is 5.32 Å². The van der Waals surface area contributed by atoms with E-state index in [1.54, 1.807) is 7.11 Å². The molecule has 0 aromatic heterocycles. The molecule has 0 amide bonds. The van der Waals surface area contributed by atoms with E-state index in [0.717, 1.165) is 23.5 Å². The smallest absolute Gasteiger partial charge is 0.186 e. The van der Waals surface area contributed by atoms with Crippen molar-refractivity contribution in [3.8, 4) is 11.5 Å². The van der Waals surface area contributed by atoms with Crippen LogP contribution in [0.15, 0.2) is 54.6 Å². The van der Waals surface area contributed by atoms with Gasteiger partial charge in [0.05, 0.1) is 7.11 Å². The molecule has 1 unspecified atom stereocenters. The second-order valence-corrected chi connectivity index (χ2v) is 4.55. The second-order valence-electron chi connectivity index (χ2n) is 4.55. The summed E-state index contributed by atoms with van der Waals surface area (Å²) >= 11 is 0. The summed E-state index contributed by atoms with van der Waals surface area (Å²) < 4.78 is 11.6. The monoisotopic (exact) mass is 271 g/mol. The highest BCUT2D eigenvalue weighted by atomic mass is 16.5. The first-order valence-corrected chi connectivity index (χ1v) is 6.82. The number of nitrogens with one attached hydrogen (secondary N) is 1. The highest BCUT2D eigenvalue weighted by molar-refractivity contribution is 5.40. The van der Waals surface area contributed by atoms with Crippen LogP contribution in [0.25, 0.3) is 0 Å². The molecule has 2 rings (SSSR count). The van der Waals surface area contributed by atoms with E-state index in [9.17, 15) is 0 Å². The molecule has 1 N–H and O–H groups in total. The van der Waals surface area contributed by atoms with Crippen LogP contribution in [0.4, 0.5) is 0 Å². The summed E-state index contributed by atoms with van der Waals surface area (Å²) in [6, 6.07) is 17.9. The first kappa shape index (κ1) is 14.4. The summed E-state index contributed by atoms with van der Waals surface area (Å²) in [5, 5.41) is 3.30. The molecule has 20 heavy (non-hydrogen) atoms. The Hall–Kier alpha value is -2.00. The fourth-order valence-corrected chi connectivity index (χ4v) is 2.31. The molecule has 0 heterocycles. The largest absolute Gasteiger partial charge is 0.493 e. The molecule has 0 aliphatic heterocycles. The zero-order valence-corrected chi connectivity index (χ0v) is 12.2. The van der Waals surface area contributed by atoms with Crippen molar-refractivity contribution in [3.63, 3.8) is 0 Å². The Morgan fingerprint density at radius 1 is 0.950 bits per heavy atom. The molecule has 2 aromatic carbocycles. The number of ether oxygens (including phenoxy) is 2. The van der Waals surface area contributed by atoms with Gasteiger partial charge in [-0.2, -0.15) is 0 Å². The zero-order chi connectivity index (χ0) is 14.4. The van der Waals surface area contributed by atoms with Crippen LogP contribution in [0, 0.1) is 0 Å². The number of hydrogen-bond donors (Lipinski definition) is 1. The van der Waals surface area contributed by atoms with Crippen LogP contribution in [-0.2, 0) is 5.72 Å². The van der Waals surface area contributed by atoms with Gasteiger partial charge in [0, 0.05) is 12.0 Å². The lowest BCUT2D eigenvalue weighted by Crippen LogP contribution is -2.45. The van der Waals surface area contributed by atoms with Crippen LogP contribution < -0.4 is 14.8 Å². The van der Waals surface area contributed by atoms with Crippen LogP contribution in [0.1, 0.15) is 18.9 Å².